The number of hydrogen-bond acceptors (Lipinski definition) is 4. The van der Waals surface area contributed by atoms with E-state index < -0.39 is 0 Å². The predicted octanol–water partition coefficient (Wildman–Crippen LogP) is 1.17. The number of β-amino-alcohol motifs (C(OH)–C–C–N with tert-alkyl or cyclic N) is 1. The van der Waals surface area contributed by atoms with Crippen LogP contribution in [0.15, 0.2) is 18.3 Å². The molecule has 0 spiro atoms. The van der Waals surface area contributed by atoms with Crippen molar-refractivity contribution >= 4 is 5.91 Å². The number of carbonyl (C=O) groups is 1. The van der Waals surface area contributed by atoms with E-state index in [1.165, 1.54) is 0 Å². The number of nitrogens with zero attached hydrogens (tertiary/aromatic N) is 3. The topological polar surface area (TPSA) is 56.7 Å². The fourth-order valence-corrected chi connectivity index (χ4v) is 2.83. The fourth-order valence-electron chi connectivity index (χ4n) is 2.83. The quantitative estimate of drug-likeness (QED) is 0.905. The highest BCUT2D eigenvalue weighted by Gasteiger charge is 2.29. The van der Waals surface area contributed by atoms with Gasteiger partial charge in [0, 0.05) is 38.4 Å². The maximum Gasteiger partial charge on any atom is 0.272 e. The van der Waals surface area contributed by atoms with Gasteiger partial charge in [-0.25, -0.2) is 0 Å². The first-order chi connectivity index (χ1) is 10.0. The van der Waals surface area contributed by atoms with E-state index in [0.29, 0.717) is 18.8 Å². The SMILES string of the molecule is CCc1ccnc(C(=O)N2CCN(CC(C)O)CC2C)c1. The van der Waals surface area contributed by atoms with Crippen LogP contribution in [0.1, 0.15) is 36.8 Å². The second-order valence-corrected chi connectivity index (χ2v) is 5.86. The van der Waals surface area contributed by atoms with Crippen LogP contribution >= 0.6 is 0 Å². The number of hydrogen-bond donors (Lipinski definition) is 1. The van der Waals surface area contributed by atoms with Gasteiger partial charge in [-0.1, -0.05) is 6.92 Å². The molecule has 2 atom stereocenters. The Morgan fingerprint density at radius 3 is 2.90 bits per heavy atom. The molecule has 116 valence electrons. The third-order valence-corrected chi connectivity index (χ3v) is 3.95. The molecule has 2 rings (SSSR count). The molecule has 0 bridgehead atoms. The third-order valence-electron chi connectivity index (χ3n) is 3.95. The molecule has 1 saturated heterocycles. The highest BCUT2D eigenvalue weighted by Crippen LogP contribution is 2.14. The van der Waals surface area contributed by atoms with Gasteiger partial charge in [0.05, 0.1) is 6.10 Å². The van der Waals surface area contributed by atoms with Gasteiger partial charge in [-0.2, -0.15) is 0 Å². The summed E-state index contributed by atoms with van der Waals surface area (Å²) in [5.41, 5.74) is 1.67. The Labute approximate surface area is 126 Å². The molecule has 21 heavy (non-hydrogen) atoms. The van der Waals surface area contributed by atoms with Gasteiger partial charge < -0.3 is 10.0 Å². The average molecular weight is 291 g/mol. The lowest BCUT2D eigenvalue weighted by molar-refractivity contribution is 0.0378. The number of aryl methyl sites for hydroxylation is 1. The normalized spacial score (nSPS) is 21.3. The fraction of sp³-hybridized carbons (Fsp3) is 0.625. The number of amides is 1. The number of piperazine rings is 1. The Morgan fingerprint density at radius 2 is 2.29 bits per heavy atom. The van der Waals surface area contributed by atoms with Crippen LogP contribution in [0, 0.1) is 0 Å². The second kappa shape index (κ2) is 7.00. The third kappa shape index (κ3) is 4.02. The second-order valence-electron chi connectivity index (χ2n) is 5.86. The Morgan fingerprint density at radius 1 is 1.52 bits per heavy atom. The standard InChI is InChI=1S/C16H25N3O2/c1-4-14-5-6-17-15(9-14)16(21)19-8-7-18(10-12(19)2)11-13(3)20/h5-6,9,12-13,20H,4,7-8,10-11H2,1-3H3. The van der Waals surface area contributed by atoms with Gasteiger partial charge in [-0.05, 0) is 38.0 Å². The van der Waals surface area contributed by atoms with E-state index >= 15 is 0 Å². The van der Waals surface area contributed by atoms with E-state index in [2.05, 4.69) is 23.7 Å². The van der Waals surface area contributed by atoms with Crippen molar-refractivity contribution in [1.29, 1.82) is 0 Å². The van der Waals surface area contributed by atoms with Gasteiger partial charge in [0.15, 0.2) is 0 Å². The number of aliphatic hydroxyl groups is 1. The van der Waals surface area contributed by atoms with Crippen LogP contribution in [-0.4, -0.2) is 64.1 Å². The number of carbonyl (C=O) groups excluding carboxylic acids is 1. The lowest BCUT2D eigenvalue weighted by Gasteiger charge is -2.40. The summed E-state index contributed by atoms with van der Waals surface area (Å²) >= 11 is 0. The van der Waals surface area contributed by atoms with Gasteiger partial charge in [0.25, 0.3) is 5.91 Å². The van der Waals surface area contributed by atoms with E-state index in [4.69, 9.17) is 0 Å². The molecule has 1 aliphatic rings. The van der Waals surface area contributed by atoms with E-state index in [-0.39, 0.29) is 18.1 Å². The Hall–Kier alpha value is -1.46. The summed E-state index contributed by atoms with van der Waals surface area (Å²) in [6.45, 7) is 8.86. The van der Waals surface area contributed by atoms with Crippen LogP contribution in [-0.2, 0) is 6.42 Å². The Bertz CT molecular complexity index is 490. The molecule has 5 heteroatoms. The molecule has 1 aromatic rings. The Balaban J connectivity index is 2.03. The minimum absolute atomic E-state index is 0.00879. The summed E-state index contributed by atoms with van der Waals surface area (Å²) in [7, 11) is 0. The smallest absolute Gasteiger partial charge is 0.272 e. The predicted molar refractivity (Wildman–Crippen MR) is 82.2 cm³/mol. The molecule has 1 fully saturated rings. The number of aliphatic hydroxyl groups excluding tert-OH is 1. The molecule has 5 nitrogen and oxygen atoms in total. The molecule has 1 aromatic heterocycles. The van der Waals surface area contributed by atoms with Gasteiger partial charge in [0.1, 0.15) is 5.69 Å². The summed E-state index contributed by atoms with van der Waals surface area (Å²) < 4.78 is 0. The molecular weight excluding hydrogens is 266 g/mol. The van der Waals surface area contributed by atoms with Crippen molar-refractivity contribution in [3.05, 3.63) is 29.6 Å². The number of aromatic nitrogens is 1. The highest BCUT2D eigenvalue weighted by atomic mass is 16.3. The van der Waals surface area contributed by atoms with Gasteiger partial charge in [0.2, 0.25) is 0 Å². The molecule has 1 N–H and O–H groups in total. The van der Waals surface area contributed by atoms with Crippen molar-refractivity contribution in [2.45, 2.75) is 39.3 Å². The summed E-state index contributed by atoms with van der Waals surface area (Å²) in [6.07, 6.45) is 2.28. The summed E-state index contributed by atoms with van der Waals surface area (Å²) in [4.78, 5) is 20.9. The Kier molecular flexibility index (Phi) is 5.31. The number of pyridine rings is 1. The van der Waals surface area contributed by atoms with Gasteiger partial charge in [-0.15, -0.1) is 0 Å². The molecule has 0 aliphatic carbocycles. The van der Waals surface area contributed by atoms with E-state index in [0.717, 1.165) is 25.1 Å². The van der Waals surface area contributed by atoms with Crippen LogP contribution in [0.5, 0.6) is 0 Å². The number of rotatable bonds is 4. The first-order valence-corrected chi connectivity index (χ1v) is 7.67. The van der Waals surface area contributed by atoms with Gasteiger partial charge >= 0.3 is 0 Å². The van der Waals surface area contributed by atoms with Gasteiger partial charge in [-0.3, -0.25) is 14.7 Å². The monoisotopic (exact) mass is 291 g/mol. The largest absolute Gasteiger partial charge is 0.392 e. The zero-order valence-corrected chi connectivity index (χ0v) is 13.1. The lowest BCUT2D eigenvalue weighted by Crippen LogP contribution is -2.55. The molecule has 2 heterocycles. The lowest BCUT2D eigenvalue weighted by atomic mass is 10.1. The van der Waals surface area contributed by atoms with Crippen molar-refractivity contribution in [2.75, 3.05) is 26.2 Å². The first-order valence-electron chi connectivity index (χ1n) is 7.67. The van der Waals surface area contributed by atoms with Crippen LogP contribution in [0.2, 0.25) is 0 Å². The minimum atomic E-state index is -0.331. The van der Waals surface area contributed by atoms with Crippen molar-refractivity contribution in [1.82, 2.24) is 14.8 Å². The maximum atomic E-state index is 12.6. The zero-order valence-electron chi connectivity index (χ0n) is 13.1. The van der Waals surface area contributed by atoms with Crippen LogP contribution in [0.4, 0.5) is 0 Å². The van der Waals surface area contributed by atoms with Crippen LogP contribution in [0.25, 0.3) is 0 Å². The average Bonchev–Trinajstić information content (AvgIpc) is 2.46. The van der Waals surface area contributed by atoms with Crippen molar-refractivity contribution in [3.63, 3.8) is 0 Å². The highest BCUT2D eigenvalue weighted by molar-refractivity contribution is 5.92. The molecular formula is C16H25N3O2. The van der Waals surface area contributed by atoms with Crippen LogP contribution < -0.4 is 0 Å². The van der Waals surface area contributed by atoms with E-state index in [1.54, 1.807) is 13.1 Å². The minimum Gasteiger partial charge on any atom is -0.392 e. The molecule has 2 unspecified atom stereocenters. The van der Waals surface area contributed by atoms with E-state index in [1.807, 2.05) is 17.0 Å². The molecule has 0 radical (unpaired) electrons. The summed E-state index contributed by atoms with van der Waals surface area (Å²) in [5.74, 6) is 0.00879. The summed E-state index contributed by atoms with van der Waals surface area (Å²) in [6, 6.07) is 3.97. The summed E-state index contributed by atoms with van der Waals surface area (Å²) in [5, 5.41) is 9.47. The van der Waals surface area contributed by atoms with Crippen molar-refractivity contribution in [3.8, 4) is 0 Å². The molecule has 1 aliphatic heterocycles. The maximum absolute atomic E-state index is 12.6. The molecule has 0 aromatic carbocycles. The van der Waals surface area contributed by atoms with Crippen molar-refractivity contribution < 1.29 is 9.90 Å². The van der Waals surface area contributed by atoms with Crippen LogP contribution in [0.3, 0.4) is 0 Å². The van der Waals surface area contributed by atoms with Crippen molar-refractivity contribution in [2.24, 2.45) is 0 Å². The molecule has 0 saturated carbocycles. The molecule has 1 amide bonds. The zero-order chi connectivity index (χ0) is 15.4. The van der Waals surface area contributed by atoms with E-state index in [9.17, 15) is 9.90 Å². The first kappa shape index (κ1) is 15.9.